The molecule has 2 N–H and O–H groups in total. The zero-order chi connectivity index (χ0) is 6.69. The van der Waals surface area contributed by atoms with E-state index in [4.69, 9.17) is 0 Å². The lowest BCUT2D eigenvalue weighted by Gasteiger charge is -1.99. The van der Waals surface area contributed by atoms with E-state index in [1.54, 1.807) is 6.07 Å². The highest BCUT2D eigenvalue weighted by Gasteiger charge is 1.87. The lowest BCUT2D eigenvalue weighted by atomic mass is 10.2. The monoisotopic (exact) mass is 123 g/mol. The third kappa shape index (κ3) is 1.52. The first-order valence-electron chi connectivity index (χ1n) is 2.85. The molecule has 0 aromatic heterocycles. The van der Waals surface area contributed by atoms with Crippen LogP contribution in [0.25, 0.3) is 0 Å². The van der Waals surface area contributed by atoms with Gasteiger partial charge in [0, 0.05) is 6.07 Å². The highest BCUT2D eigenvalue weighted by atomic mass is 16.5. The molecule has 9 heavy (non-hydrogen) atoms. The highest BCUT2D eigenvalue weighted by molar-refractivity contribution is 5.32. The predicted molar refractivity (Wildman–Crippen MR) is 36.1 cm³/mol. The van der Waals surface area contributed by atoms with Crippen molar-refractivity contribution in [3.05, 3.63) is 35.0 Å². The van der Waals surface area contributed by atoms with Crippen molar-refractivity contribution in [1.29, 1.82) is 0 Å². The molecule has 0 unspecified atom stereocenters. The molecule has 0 atom stereocenters. The molecular formula is C7H9NO. The van der Waals surface area contributed by atoms with Gasteiger partial charge in [-0.2, -0.15) is 0 Å². The molecule has 2 heteroatoms. The summed E-state index contributed by atoms with van der Waals surface area (Å²) in [6, 6.07) is 7.49. The van der Waals surface area contributed by atoms with E-state index in [0.29, 0.717) is 0 Å². The minimum atomic E-state index is 0.745. The van der Waals surface area contributed by atoms with Gasteiger partial charge in [0.15, 0.2) is 0 Å². The second-order valence-electron chi connectivity index (χ2n) is 2.03. The summed E-state index contributed by atoms with van der Waals surface area (Å²) in [5.41, 5.74) is 2.72. The maximum atomic E-state index is 10.2. The third-order valence-electron chi connectivity index (χ3n) is 1.18. The molecule has 0 aliphatic heterocycles. The van der Waals surface area contributed by atoms with Gasteiger partial charge in [-0.15, -0.1) is 0 Å². The number of nitrogens with two attached hydrogens (primary N) is 1. The van der Waals surface area contributed by atoms with E-state index in [0.717, 1.165) is 16.7 Å². The Hall–Kier alpha value is -0.860. The SMILES string of the molecule is Cc1cccc([NH2+][O-])c1. The Bertz CT molecular complexity index is 198. The van der Waals surface area contributed by atoms with Crippen LogP contribution in [0, 0.1) is 12.1 Å². The van der Waals surface area contributed by atoms with E-state index in [-0.39, 0.29) is 0 Å². The number of rotatable bonds is 1. The van der Waals surface area contributed by atoms with Crippen LogP contribution in [0.5, 0.6) is 0 Å². The Balaban J connectivity index is 2.94. The van der Waals surface area contributed by atoms with Crippen LogP contribution in [-0.4, -0.2) is 0 Å². The molecule has 0 saturated heterocycles. The van der Waals surface area contributed by atoms with Gasteiger partial charge in [-0.1, -0.05) is 12.1 Å². The smallest absolute Gasteiger partial charge is 0.129 e. The molecule has 1 aromatic rings. The van der Waals surface area contributed by atoms with E-state index in [1.165, 1.54) is 0 Å². The van der Waals surface area contributed by atoms with Gasteiger partial charge in [-0.25, -0.2) is 0 Å². The molecule has 0 aliphatic rings. The minimum Gasteiger partial charge on any atom is -0.630 e. The van der Waals surface area contributed by atoms with Gasteiger partial charge < -0.3 is 10.7 Å². The molecule has 0 aliphatic carbocycles. The molecule has 0 spiro atoms. The van der Waals surface area contributed by atoms with Gasteiger partial charge in [0.05, 0.1) is 0 Å². The predicted octanol–water partition coefficient (Wildman–Crippen LogP) is 0.688. The van der Waals surface area contributed by atoms with Crippen LogP contribution in [0.15, 0.2) is 24.3 Å². The van der Waals surface area contributed by atoms with Crippen molar-refractivity contribution in [2.24, 2.45) is 0 Å². The summed E-state index contributed by atoms with van der Waals surface area (Å²) < 4.78 is 0. The van der Waals surface area contributed by atoms with Crippen molar-refractivity contribution >= 4 is 5.69 Å². The standard InChI is InChI=1S/C7H9NO/c1-6-3-2-4-7(5-6)8-9/h2-5H,8H2,1H3. The molecule has 0 saturated carbocycles. The molecule has 0 heterocycles. The zero-order valence-corrected chi connectivity index (χ0v) is 5.29. The van der Waals surface area contributed by atoms with Crippen molar-refractivity contribution in [3.8, 4) is 0 Å². The zero-order valence-electron chi connectivity index (χ0n) is 5.29. The van der Waals surface area contributed by atoms with Crippen molar-refractivity contribution in [2.45, 2.75) is 6.92 Å². The van der Waals surface area contributed by atoms with Gasteiger partial charge in [0.1, 0.15) is 5.69 Å². The fraction of sp³-hybridized carbons (Fsp3) is 0.143. The Kier molecular flexibility index (Phi) is 1.82. The van der Waals surface area contributed by atoms with E-state index in [9.17, 15) is 5.21 Å². The number of aryl methyl sites for hydroxylation is 1. The Morgan fingerprint density at radius 2 is 2.22 bits per heavy atom. The molecule has 0 bridgehead atoms. The van der Waals surface area contributed by atoms with Crippen molar-refractivity contribution < 1.29 is 5.48 Å². The van der Waals surface area contributed by atoms with Gasteiger partial charge in [0.25, 0.3) is 0 Å². The Labute approximate surface area is 54.1 Å². The number of quaternary nitrogens is 1. The largest absolute Gasteiger partial charge is 0.630 e. The average molecular weight is 123 g/mol. The van der Waals surface area contributed by atoms with E-state index in [2.05, 4.69) is 0 Å². The quantitative estimate of drug-likeness (QED) is 0.433. The lowest BCUT2D eigenvalue weighted by molar-refractivity contribution is -0.497. The topological polar surface area (TPSA) is 39.7 Å². The second-order valence-corrected chi connectivity index (χ2v) is 2.03. The summed E-state index contributed by atoms with van der Waals surface area (Å²) in [5, 5.41) is 10.2. The fourth-order valence-corrected chi connectivity index (χ4v) is 0.743. The average Bonchev–Trinajstić information content (AvgIpc) is 1.88. The van der Waals surface area contributed by atoms with Crippen LogP contribution in [0.3, 0.4) is 0 Å². The normalized spacial score (nSPS) is 9.56. The van der Waals surface area contributed by atoms with Crippen LogP contribution in [0.1, 0.15) is 5.56 Å². The summed E-state index contributed by atoms with van der Waals surface area (Å²) in [5.74, 6) is 0. The van der Waals surface area contributed by atoms with E-state index >= 15 is 0 Å². The van der Waals surface area contributed by atoms with Crippen molar-refractivity contribution in [3.63, 3.8) is 0 Å². The number of hydrogen-bond acceptors (Lipinski definition) is 1. The van der Waals surface area contributed by atoms with Gasteiger partial charge in [-0.05, 0) is 18.6 Å². The van der Waals surface area contributed by atoms with Gasteiger partial charge in [-0.3, -0.25) is 0 Å². The molecule has 1 rings (SSSR count). The maximum absolute atomic E-state index is 10.2. The lowest BCUT2D eigenvalue weighted by Crippen LogP contribution is -2.70. The molecule has 48 valence electrons. The molecule has 0 amide bonds. The van der Waals surface area contributed by atoms with E-state index in [1.807, 2.05) is 25.1 Å². The first-order chi connectivity index (χ1) is 4.33. The van der Waals surface area contributed by atoms with Gasteiger partial charge >= 0.3 is 0 Å². The third-order valence-corrected chi connectivity index (χ3v) is 1.18. The summed E-state index contributed by atoms with van der Waals surface area (Å²) >= 11 is 0. The summed E-state index contributed by atoms with van der Waals surface area (Å²) in [4.78, 5) is 0. The van der Waals surface area contributed by atoms with Crippen LogP contribution in [0.4, 0.5) is 5.69 Å². The molecule has 0 radical (unpaired) electrons. The summed E-state index contributed by atoms with van der Waals surface area (Å²) in [7, 11) is 0. The fourth-order valence-electron chi connectivity index (χ4n) is 0.743. The number of benzene rings is 1. The van der Waals surface area contributed by atoms with Crippen LogP contribution < -0.4 is 5.48 Å². The Morgan fingerprint density at radius 1 is 1.44 bits per heavy atom. The summed E-state index contributed by atoms with van der Waals surface area (Å²) in [6.07, 6.45) is 0. The van der Waals surface area contributed by atoms with Crippen LogP contribution >= 0.6 is 0 Å². The van der Waals surface area contributed by atoms with Crippen LogP contribution in [0.2, 0.25) is 0 Å². The molecular weight excluding hydrogens is 114 g/mol. The first-order valence-corrected chi connectivity index (χ1v) is 2.85. The summed E-state index contributed by atoms with van der Waals surface area (Å²) in [6.45, 7) is 1.97. The Morgan fingerprint density at radius 3 is 2.67 bits per heavy atom. The van der Waals surface area contributed by atoms with Crippen molar-refractivity contribution in [2.75, 3.05) is 0 Å². The molecule has 2 nitrogen and oxygen atoms in total. The highest BCUT2D eigenvalue weighted by Crippen LogP contribution is 2.02. The van der Waals surface area contributed by atoms with E-state index < -0.39 is 0 Å². The number of hydrogen-bond donors (Lipinski definition) is 1. The molecule has 0 fully saturated rings. The second kappa shape index (κ2) is 2.62. The first kappa shape index (κ1) is 6.26. The van der Waals surface area contributed by atoms with Gasteiger partial charge in [0.2, 0.25) is 0 Å². The molecule has 1 aromatic carbocycles. The van der Waals surface area contributed by atoms with Crippen molar-refractivity contribution in [1.82, 2.24) is 0 Å². The maximum Gasteiger partial charge on any atom is 0.129 e. The van der Waals surface area contributed by atoms with Crippen LogP contribution in [-0.2, 0) is 0 Å². The minimum absolute atomic E-state index is 0.745.